The highest BCUT2D eigenvalue weighted by Crippen LogP contribution is 2.28. The Hall–Kier alpha value is -0.930. The summed E-state index contributed by atoms with van der Waals surface area (Å²) in [5.41, 5.74) is 0.639. The lowest BCUT2D eigenvalue weighted by molar-refractivity contribution is -0.122. The molecule has 0 saturated carbocycles. The van der Waals surface area contributed by atoms with Gasteiger partial charge in [-0.25, -0.2) is 4.39 Å². The van der Waals surface area contributed by atoms with Crippen LogP contribution in [0.5, 0.6) is 0 Å². The van der Waals surface area contributed by atoms with Gasteiger partial charge in [-0.2, -0.15) is 0 Å². The Kier molecular flexibility index (Phi) is 3.56. The number of hydrogen-bond donors (Lipinski definition) is 0. The molecule has 2 atom stereocenters. The number of hydrogen-bond acceptors (Lipinski definition) is 2. The molecule has 2 nitrogen and oxygen atoms in total. The fourth-order valence-electron chi connectivity index (χ4n) is 1.76. The van der Waals surface area contributed by atoms with Gasteiger partial charge in [-0.1, -0.05) is 12.1 Å². The minimum atomic E-state index is -0.702. The van der Waals surface area contributed by atoms with Crippen LogP contribution in [-0.2, 0) is 9.53 Å². The molecule has 16 heavy (non-hydrogen) atoms. The molecule has 86 valence electrons. The van der Waals surface area contributed by atoms with Crippen molar-refractivity contribution in [2.24, 2.45) is 5.92 Å². The van der Waals surface area contributed by atoms with E-state index >= 15 is 0 Å². The molecule has 4 heteroatoms. The van der Waals surface area contributed by atoms with E-state index in [1.165, 1.54) is 12.1 Å². The van der Waals surface area contributed by atoms with E-state index < -0.39 is 5.38 Å². The molecule has 0 aliphatic carbocycles. The maximum Gasteiger partial charge on any atom is 0.160 e. The summed E-state index contributed by atoms with van der Waals surface area (Å²) in [6.45, 7) is 1.06. The molecule has 1 aliphatic rings. The van der Waals surface area contributed by atoms with Crippen LogP contribution in [0.2, 0.25) is 0 Å². The summed E-state index contributed by atoms with van der Waals surface area (Å²) in [6.07, 6.45) is 0.725. The summed E-state index contributed by atoms with van der Waals surface area (Å²) in [6, 6.07) is 5.70. The Morgan fingerprint density at radius 2 is 2.12 bits per heavy atom. The van der Waals surface area contributed by atoms with Crippen molar-refractivity contribution >= 4 is 17.4 Å². The van der Waals surface area contributed by atoms with Gasteiger partial charge in [-0.15, -0.1) is 11.6 Å². The maximum atomic E-state index is 12.7. The van der Waals surface area contributed by atoms with Gasteiger partial charge in [0.2, 0.25) is 0 Å². The molecule has 1 fully saturated rings. The summed E-state index contributed by atoms with van der Waals surface area (Å²) in [5, 5.41) is -0.702. The molecule has 1 heterocycles. The number of alkyl halides is 1. The number of ether oxygens (including phenoxy) is 1. The average Bonchev–Trinajstić information content (AvgIpc) is 2.81. The third-order valence-corrected chi connectivity index (χ3v) is 3.21. The molecule has 1 saturated heterocycles. The zero-order valence-electron chi connectivity index (χ0n) is 8.66. The first kappa shape index (κ1) is 11.6. The van der Waals surface area contributed by atoms with Crippen LogP contribution in [0, 0.1) is 11.7 Å². The van der Waals surface area contributed by atoms with Crippen molar-refractivity contribution in [3.05, 3.63) is 35.6 Å². The molecule has 2 rings (SSSR count). The van der Waals surface area contributed by atoms with Gasteiger partial charge in [0, 0.05) is 12.5 Å². The number of ketones is 1. The number of halogens is 2. The third kappa shape index (κ3) is 2.42. The van der Waals surface area contributed by atoms with Crippen LogP contribution < -0.4 is 0 Å². The Bertz CT molecular complexity index is 371. The Balaban J connectivity index is 2.08. The number of rotatable bonds is 3. The number of benzene rings is 1. The van der Waals surface area contributed by atoms with Gasteiger partial charge in [-0.3, -0.25) is 4.79 Å². The summed E-state index contributed by atoms with van der Waals surface area (Å²) >= 11 is 6.06. The van der Waals surface area contributed by atoms with Crippen LogP contribution in [0.1, 0.15) is 17.4 Å². The summed E-state index contributed by atoms with van der Waals surface area (Å²) in [5.74, 6) is -0.484. The number of carbonyl (C=O) groups is 1. The second-order valence-electron chi connectivity index (χ2n) is 3.88. The molecular weight excluding hydrogens is 231 g/mol. The second kappa shape index (κ2) is 4.93. The van der Waals surface area contributed by atoms with Gasteiger partial charge in [0.1, 0.15) is 11.2 Å². The fourth-order valence-corrected chi connectivity index (χ4v) is 2.09. The molecule has 0 spiro atoms. The van der Waals surface area contributed by atoms with Gasteiger partial charge < -0.3 is 4.74 Å². The first-order valence-corrected chi connectivity index (χ1v) is 5.63. The summed E-state index contributed by atoms with van der Waals surface area (Å²) in [7, 11) is 0. The van der Waals surface area contributed by atoms with Gasteiger partial charge in [0.15, 0.2) is 5.78 Å². The van der Waals surface area contributed by atoms with Crippen molar-refractivity contribution in [2.45, 2.75) is 11.8 Å². The summed E-state index contributed by atoms with van der Waals surface area (Å²) < 4.78 is 17.8. The van der Waals surface area contributed by atoms with E-state index in [1.54, 1.807) is 12.1 Å². The molecule has 2 unspecified atom stereocenters. The highest BCUT2D eigenvalue weighted by molar-refractivity contribution is 6.31. The van der Waals surface area contributed by atoms with Crippen molar-refractivity contribution in [1.82, 2.24) is 0 Å². The first-order valence-electron chi connectivity index (χ1n) is 5.19. The molecule has 0 aromatic heterocycles. The lowest BCUT2D eigenvalue weighted by Crippen LogP contribution is -2.19. The lowest BCUT2D eigenvalue weighted by Gasteiger charge is -2.12. The Morgan fingerprint density at radius 3 is 2.69 bits per heavy atom. The minimum absolute atomic E-state index is 0.0363. The minimum Gasteiger partial charge on any atom is -0.381 e. The monoisotopic (exact) mass is 242 g/mol. The van der Waals surface area contributed by atoms with Crippen LogP contribution in [0.25, 0.3) is 0 Å². The smallest absolute Gasteiger partial charge is 0.160 e. The van der Waals surface area contributed by atoms with Crippen molar-refractivity contribution in [3.8, 4) is 0 Å². The van der Waals surface area contributed by atoms with Crippen molar-refractivity contribution in [3.63, 3.8) is 0 Å². The molecule has 0 N–H and O–H groups in total. The fraction of sp³-hybridized carbons (Fsp3) is 0.417. The van der Waals surface area contributed by atoms with E-state index in [1.807, 2.05) is 0 Å². The zero-order valence-corrected chi connectivity index (χ0v) is 9.41. The van der Waals surface area contributed by atoms with Crippen LogP contribution in [0.4, 0.5) is 4.39 Å². The Labute approximate surface area is 98.4 Å². The third-order valence-electron chi connectivity index (χ3n) is 2.74. The molecule has 1 aromatic rings. The highest BCUT2D eigenvalue weighted by atomic mass is 35.5. The van der Waals surface area contributed by atoms with Crippen LogP contribution >= 0.6 is 11.6 Å². The number of Topliss-reactive ketones (excluding diaryl/α,β-unsaturated/α-hetero) is 1. The zero-order chi connectivity index (χ0) is 11.5. The highest BCUT2D eigenvalue weighted by Gasteiger charge is 2.29. The molecule has 0 radical (unpaired) electrons. The second-order valence-corrected chi connectivity index (χ2v) is 4.31. The van der Waals surface area contributed by atoms with Crippen LogP contribution in [0.15, 0.2) is 24.3 Å². The Morgan fingerprint density at radius 1 is 1.44 bits per heavy atom. The molecule has 1 aliphatic heterocycles. The van der Waals surface area contributed by atoms with Gasteiger partial charge in [0.05, 0.1) is 6.61 Å². The van der Waals surface area contributed by atoms with E-state index in [0.717, 1.165) is 6.42 Å². The van der Waals surface area contributed by atoms with E-state index in [0.29, 0.717) is 18.8 Å². The quantitative estimate of drug-likeness (QED) is 0.762. The van der Waals surface area contributed by atoms with Gasteiger partial charge in [-0.05, 0) is 24.1 Å². The van der Waals surface area contributed by atoms with Crippen molar-refractivity contribution < 1.29 is 13.9 Å². The topological polar surface area (TPSA) is 26.3 Å². The van der Waals surface area contributed by atoms with Gasteiger partial charge in [0.25, 0.3) is 0 Å². The largest absolute Gasteiger partial charge is 0.381 e. The summed E-state index contributed by atoms with van der Waals surface area (Å²) in [4.78, 5) is 11.9. The SMILES string of the molecule is O=C(C1CCOC1)C(Cl)c1ccc(F)cc1. The molecule has 0 bridgehead atoms. The van der Waals surface area contributed by atoms with Crippen LogP contribution in [0.3, 0.4) is 0 Å². The maximum absolute atomic E-state index is 12.7. The predicted octanol–water partition coefficient (Wildman–Crippen LogP) is 2.71. The van der Waals surface area contributed by atoms with E-state index in [4.69, 9.17) is 16.3 Å². The molecule has 1 aromatic carbocycles. The van der Waals surface area contributed by atoms with Crippen molar-refractivity contribution in [2.75, 3.05) is 13.2 Å². The van der Waals surface area contributed by atoms with E-state index in [2.05, 4.69) is 0 Å². The predicted molar refractivity (Wildman–Crippen MR) is 58.9 cm³/mol. The molecule has 0 amide bonds. The first-order chi connectivity index (χ1) is 7.68. The van der Waals surface area contributed by atoms with Crippen molar-refractivity contribution in [1.29, 1.82) is 0 Å². The normalized spacial score (nSPS) is 22.0. The van der Waals surface area contributed by atoms with Crippen LogP contribution in [-0.4, -0.2) is 19.0 Å². The number of carbonyl (C=O) groups excluding carboxylic acids is 1. The van der Waals surface area contributed by atoms with E-state index in [-0.39, 0.29) is 17.5 Å². The standard InChI is InChI=1S/C12H12ClFO2/c13-11(8-1-3-10(14)4-2-8)12(15)9-5-6-16-7-9/h1-4,9,11H,5-7H2. The van der Waals surface area contributed by atoms with Gasteiger partial charge >= 0.3 is 0 Å². The van der Waals surface area contributed by atoms with E-state index in [9.17, 15) is 9.18 Å². The average molecular weight is 243 g/mol. The lowest BCUT2D eigenvalue weighted by atomic mass is 9.97. The molecular formula is C12H12ClFO2.